The van der Waals surface area contributed by atoms with Gasteiger partial charge in [0.1, 0.15) is 18.0 Å². The number of halogens is 2. The smallest absolute Gasteiger partial charge is 0.138 e. The predicted octanol–water partition coefficient (Wildman–Crippen LogP) is 3.55. The summed E-state index contributed by atoms with van der Waals surface area (Å²) in [5, 5.41) is 5.05. The zero-order valence-corrected chi connectivity index (χ0v) is 12.5. The summed E-state index contributed by atoms with van der Waals surface area (Å²) in [5.41, 5.74) is 1.12. The van der Waals surface area contributed by atoms with E-state index in [0.717, 1.165) is 36.1 Å². The first-order chi connectivity index (χ1) is 9.24. The van der Waals surface area contributed by atoms with E-state index in [4.69, 9.17) is 0 Å². The monoisotopic (exact) mass is 325 g/mol. The summed E-state index contributed by atoms with van der Waals surface area (Å²) in [6.07, 6.45) is 3.43. The molecule has 2 rings (SSSR count). The van der Waals surface area contributed by atoms with E-state index in [1.807, 2.05) is 16.8 Å². The first-order valence-corrected chi connectivity index (χ1v) is 7.54. The Labute approximate surface area is 121 Å². The maximum absolute atomic E-state index is 13.0. The average molecular weight is 326 g/mol. The zero-order valence-electron chi connectivity index (χ0n) is 10.9. The van der Waals surface area contributed by atoms with Crippen LogP contribution in [0.4, 0.5) is 4.39 Å². The van der Waals surface area contributed by atoms with E-state index in [1.54, 1.807) is 6.33 Å². The molecule has 0 spiro atoms. The Morgan fingerprint density at radius 3 is 2.68 bits per heavy atom. The molecule has 2 aromatic rings. The van der Waals surface area contributed by atoms with Gasteiger partial charge in [0, 0.05) is 24.2 Å². The van der Waals surface area contributed by atoms with Gasteiger partial charge in [-0.25, -0.2) is 9.37 Å². The zero-order chi connectivity index (χ0) is 13.7. The van der Waals surface area contributed by atoms with Gasteiger partial charge in [0.25, 0.3) is 0 Å². The van der Waals surface area contributed by atoms with Gasteiger partial charge in [-0.1, -0.05) is 35.0 Å². The fourth-order valence-electron chi connectivity index (χ4n) is 2.06. The lowest BCUT2D eigenvalue weighted by molar-refractivity contribution is 0.554. The van der Waals surface area contributed by atoms with Crippen LogP contribution in [0.5, 0.6) is 0 Å². The van der Waals surface area contributed by atoms with Crippen molar-refractivity contribution < 1.29 is 4.39 Å². The van der Waals surface area contributed by atoms with Crippen LogP contribution >= 0.6 is 15.9 Å². The first kappa shape index (κ1) is 14.2. The van der Waals surface area contributed by atoms with E-state index in [2.05, 4.69) is 32.9 Å². The molecule has 1 heterocycles. The molecule has 0 aliphatic carbocycles. The number of hydrogen-bond donors (Lipinski definition) is 0. The molecule has 0 fully saturated rings. The molecule has 0 bridgehead atoms. The van der Waals surface area contributed by atoms with Gasteiger partial charge in [-0.3, -0.25) is 4.68 Å². The van der Waals surface area contributed by atoms with Crippen LogP contribution in [0.15, 0.2) is 30.6 Å². The van der Waals surface area contributed by atoms with E-state index >= 15 is 0 Å². The van der Waals surface area contributed by atoms with Crippen LogP contribution in [0.25, 0.3) is 0 Å². The minimum atomic E-state index is -0.203. The molecule has 0 saturated heterocycles. The summed E-state index contributed by atoms with van der Waals surface area (Å²) in [4.78, 5) is 4.32. The standard InChI is InChI=1S/C14H17BrFN3/c1-2-7-19-14(17-10-18-19)8-12(9-15)11-3-5-13(16)6-4-11/h3-6,10,12H,2,7-9H2,1H3. The summed E-state index contributed by atoms with van der Waals surface area (Å²) in [6.45, 7) is 3.00. The van der Waals surface area contributed by atoms with Gasteiger partial charge in [0.2, 0.25) is 0 Å². The summed E-state index contributed by atoms with van der Waals surface area (Å²) < 4.78 is 14.9. The summed E-state index contributed by atoms with van der Waals surface area (Å²) in [7, 11) is 0. The number of aryl methyl sites for hydroxylation is 1. The van der Waals surface area contributed by atoms with Crippen LogP contribution in [0.1, 0.15) is 30.7 Å². The van der Waals surface area contributed by atoms with Crippen molar-refractivity contribution in [2.75, 3.05) is 5.33 Å². The Balaban J connectivity index is 2.14. The van der Waals surface area contributed by atoms with Gasteiger partial charge in [0.05, 0.1) is 0 Å². The topological polar surface area (TPSA) is 30.7 Å². The molecule has 1 unspecified atom stereocenters. The molecule has 0 aliphatic rings. The van der Waals surface area contributed by atoms with Crippen LogP contribution in [0, 0.1) is 5.82 Å². The lowest BCUT2D eigenvalue weighted by Crippen LogP contribution is -2.11. The molecule has 0 aliphatic heterocycles. The van der Waals surface area contributed by atoms with Gasteiger partial charge in [-0.15, -0.1) is 0 Å². The van der Waals surface area contributed by atoms with Gasteiger partial charge < -0.3 is 0 Å². The fraction of sp³-hybridized carbons (Fsp3) is 0.429. The molecule has 3 nitrogen and oxygen atoms in total. The van der Waals surface area contributed by atoms with Crippen molar-refractivity contribution in [1.82, 2.24) is 14.8 Å². The largest absolute Gasteiger partial charge is 0.250 e. The lowest BCUT2D eigenvalue weighted by atomic mass is 9.97. The van der Waals surface area contributed by atoms with Crippen LogP contribution in [0.3, 0.4) is 0 Å². The maximum atomic E-state index is 13.0. The van der Waals surface area contributed by atoms with Gasteiger partial charge in [-0.2, -0.15) is 5.10 Å². The first-order valence-electron chi connectivity index (χ1n) is 6.42. The van der Waals surface area contributed by atoms with E-state index in [0.29, 0.717) is 0 Å². The van der Waals surface area contributed by atoms with Gasteiger partial charge in [-0.05, 0) is 24.1 Å². The molecule has 5 heteroatoms. The van der Waals surface area contributed by atoms with E-state index in [1.165, 1.54) is 12.1 Å². The number of hydrogen-bond acceptors (Lipinski definition) is 2. The van der Waals surface area contributed by atoms with Crippen molar-refractivity contribution in [3.8, 4) is 0 Å². The van der Waals surface area contributed by atoms with E-state index in [9.17, 15) is 4.39 Å². The number of aromatic nitrogens is 3. The van der Waals surface area contributed by atoms with Crippen LogP contribution in [-0.4, -0.2) is 20.1 Å². The summed E-state index contributed by atoms with van der Waals surface area (Å²) in [5.74, 6) is 1.06. The van der Waals surface area contributed by atoms with Gasteiger partial charge in [0.15, 0.2) is 0 Å². The van der Waals surface area contributed by atoms with Crippen molar-refractivity contribution in [2.24, 2.45) is 0 Å². The number of alkyl halides is 1. The highest BCUT2D eigenvalue weighted by atomic mass is 79.9. The van der Waals surface area contributed by atoms with Crippen molar-refractivity contribution in [2.45, 2.75) is 32.2 Å². The highest BCUT2D eigenvalue weighted by Crippen LogP contribution is 2.22. The third-order valence-corrected chi connectivity index (χ3v) is 3.87. The molecule has 1 aromatic heterocycles. The van der Waals surface area contributed by atoms with Crippen molar-refractivity contribution in [3.05, 3.63) is 47.8 Å². The van der Waals surface area contributed by atoms with Crippen molar-refractivity contribution >= 4 is 15.9 Å². The molecule has 1 atom stereocenters. The summed E-state index contributed by atoms with van der Waals surface area (Å²) in [6, 6.07) is 6.67. The number of rotatable bonds is 6. The second-order valence-corrected chi connectivity index (χ2v) is 5.15. The van der Waals surface area contributed by atoms with E-state index < -0.39 is 0 Å². The Morgan fingerprint density at radius 2 is 2.05 bits per heavy atom. The molecular weight excluding hydrogens is 309 g/mol. The third kappa shape index (κ3) is 3.62. The predicted molar refractivity (Wildman–Crippen MR) is 77.0 cm³/mol. The molecule has 19 heavy (non-hydrogen) atoms. The Hall–Kier alpha value is -1.23. The minimum Gasteiger partial charge on any atom is -0.250 e. The second kappa shape index (κ2) is 6.80. The van der Waals surface area contributed by atoms with Crippen LogP contribution < -0.4 is 0 Å². The van der Waals surface area contributed by atoms with Crippen molar-refractivity contribution in [3.63, 3.8) is 0 Å². The molecule has 0 N–H and O–H groups in total. The third-order valence-electron chi connectivity index (χ3n) is 3.09. The molecule has 0 saturated carbocycles. The molecule has 0 radical (unpaired) electrons. The quantitative estimate of drug-likeness (QED) is 0.760. The number of nitrogens with zero attached hydrogens (tertiary/aromatic N) is 3. The van der Waals surface area contributed by atoms with Crippen LogP contribution in [-0.2, 0) is 13.0 Å². The average Bonchev–Trinajstić information content (AvgIpc) is 2.85. The normalized spacial score (nSPS) is 12.6. The lowest BCUT2D eigenvalue weighted by Gasteiger charge is -2.14. The van der Waals surface area contributed by atoms with Gasteiger partial charge >= 0.3 is 0 Å². The van der Waals surface area contributed by atoms with Crippen molar-refractivity contribution in [1.29, 1.82) is 0 Å². The Kier molecular flexibility index (Phi) is 5.07. The molecular formula is C14H17BrFN3. The highest BCUT2D eigenvalue weighted by molar-refractivity contribution is 9.09. The van der Waals surface area contributed by atoms with E-state index in [-0.39, 0.29) is 11.7 Å². The molecule has 102 valence electrons. The fourth-order valence-corrected chi connectivity index (χ4v) is 2.66. The second-order valence-electron chi connectivity index (χ2n) is 4.51. The molecule has 1 aromatic carbocycles. The molecule has 0 amide bonds. The SMILES string of the molecule is CCCn1ncnc1CC(CBr)c1ccc(F)cc1. The van der Waals surface area contributed by atoms with Crippen LogP contribution in [0.2, 0.25) is 0 Å². The summed E-state index contributed by atoms with van der Waals surface area (Å²) >= 11 is 3.53. The highest BCUT2D eigenvalue weighted by Gasteiger charge is 2.15. The Bertz CT molecular complexity index is 510. The maximum Gasteiger partial charge on any atom is 0.138 e. The Morgan fingerprint density at radius 1 is 1.32 bits per heavy atom. The minimum absolute atomic E-state index is 0.203. The number of benzene rings is 1.